The first-order valence-corrected chi connectivity index (χ1v) is 6.45. The molecular weight excluding hydrogens is 278 g/mol. The van der Waals surface area contributed by atoms with Crippen molar-refractivity contribution in [3.8, 4) is 0 Å². The van der Waals surface area contributed by atoms with Gasteiger partial charge in [0, 0.05) is 26.0 Å². The molecule has 0 unspecified atom stereocenters. The fraction of sp³-hybridized carbons (Fsp3) is 0.214. The lowest BCUT2D eigenvalue weighted by Gasteiger charge is -2.20. The maximum Gasteiger partial charge on any atom is 0.339 e. The number of rotatable bonds is 5. The number of carboxylic acids is 1. The van der Waals surface area contributed by atoms with Gasteiger partial charge in [-0.25, -0.2) is 9.78 Å². The summed E-state index contributed by atoms with van der Waals surface area (Å²) in [6.07, 6.45) is 4.23. The zero-order valence-electron chi connectivity index (χ0n) is 11.0. The predicted molar refractivity (Wildman–Crippen MR) is 77.4 cm³/mol. The molecule has 0 amide bonds. The minimum absolute atomic E-state index is 0.145. The molecule has 0 aliphatic rings. The second kappa shape index (κ2) is 6.34. The number of aromatic carboxylic acids is 1. The second-order valence-electron chi connectivity index (χ2n) is 4.34. The maximum atomic E-state index is 11.2. The average Bonchev–Trinajstić information content (AvgIpc) is 2.45. The fourth-order valence-corrected chi connectivity index (χ4v) is 1.98. The average molecular weight is 292 g/mol. The molecule has 1 N–H and O–H groups in total. The van der Waals surface area contributed by atoms with E-state index in [2.05, 4.69) is 9.97 Å². The molecule has 104 valence electrons. The number of halogens is 1. The number of hydrogen-bond donors (Lipinski definition) is 1. The topological polar surface area (TPSA) is 66.3 Å². The lowest BCUT2D eigenvalue weighted by molar-refractivity contribution is 0.0697. The van der Waals surface area contributed by atoms with E-state index >= 15 is 0 Å². The number of anilines is 1. The van der Waals surface area contributed by atoms with Gasteiger partial charge in [-0.3, -0.25) is 4.98 Å². The molecule has 0 spiro atoms. The Morgan fingerprint density at radius 2 is 2.00 bits per heavy atom. The van der Waals surface area contributed by atoms with Gasteiger partial charge < -0.3 is 10.0 Å². The number of hydrogen-bond acceptors (Lipinski definition) is 4. The van der Waals surface area contributed by atoms with E-state index in [-0.39, 0.29) is 10.7 Å². The van der Waals surface area contributed by atoms with Crippen LogP contribution < -0.4 is 4.90 Å². The van der Waals surface area contributed by atoms with Crippen LogP contribution >= 0.6 is 11.6 Å². The molecule has 0 radical (unpaired) electrons. The first kappa shape index (κ1) is 14.3. The summed E-state index contributed by atoms with van der Waals surface area (Å²) in [5, 5.41) is 9.45. The SMILES string of the molecule is CN(CCc1ccncc1)c1nc(Cl)ccc1C(=O)O. The Labute approximate surface area is 121 Å². The van der Waals surface area contributed by atoms with Crippen molar-refractivity contribution in [2.24, 2.45) is 0 Å². The van der Waals surface area contributed by atoms with Gasteiger partial charge in [0.05, 0.1) is 0 Å². The molecular formula is C14H14ClN3O2. The van der Waals surface area contributed by atoms with Crippen LogP contribution in [0.5, 0.6) is 0 Å². The van der Waals surface area contributed by atoms with Crippen LogP contribution in [0.3, 0.4) is 0 Å². The highest BCUT2D eigenvalue weighted by Crippen LogP contribution is 2.20. The van der Waals surface area contributed by atoms with E-state index in [1.807, 2.05) is 12.1 Å². The molecule has 2 aromatic rings. The summed E-state index contributed by atoms with van der Waals surface area (Å²) in [6, 6.07) is 6.80. The molecule has 0 bridgehead atoms. The van der Waals surface area contributed by atoms with Crippen LogP contribution in [0.1, 0.15) is 15.9 Å². The summed E-state index contributed by atoms with van der Waals surface area (Å²) >= 11 is 5.84. The van der Waals surface area contributed by atoms with E-state index in [1.54, 1.807) is 24.3 Å². The Balaban J connectivity index is 2.14. The Kier molecular flexibility index (Phi) is 4.53. The fourth-order valence-electron chi connectivity index (χ4n) is 1.84. The van der Waals surface area contributed by atoms with Crippen molar-refractivity contribution in [3.63, 3.8) is 0 Å². The van der Waals surface area contributed by atoms with Crippen molar-refractivity contribution in [1.82, 2.24) is 9.97 Å². The monoisotopic (exact) mass is 291 g/mol. The van der Waals surface area contributed by atoms with Crippen LogP contribution in [-0.2, 0) is 6.42 Å². The van der Waals surface area contributed by atoms with Crippen LogP contribution in [0.25, 0.3) is 0 Å². The van der Waals surface area contributed by atoms with Crippen LogP contribution in [0.4, 0.5) is 5.82 Å². The number of aromatic nitrogens is 2. The van der Waals surface area contributed by atoms with Gasteiger partial charge in [-0.05, 0) is 36.2 Å². The van der Waals surface area contributed by atoms with Crippen molar-refractivity contribution in [2.45, 2.75) is 6.42 Å². The molecule has 0 aliphatic heterocycles. The minimum atomic E-state index is -1.01. The summed E-state index contributed by atoms with van der Waals surface area (Å²) in [7, 11) is 1.80. The summed E-state index contributed by atoms with van der Waals surface area (Å²) in [5.41, 5.74) is 1.28. The van der Waals surface area contributed by atoms with Gasteiger partial charge in [-0.1, -0.05) is 11.6 Å². The van der Waals surface area contributed by atoms with Gasteiger partial charge in [-0.15, -0.1) is 0 Å². The van der Waals surface area contributed by atoms with Gasteiger partial charge in [0.25, 0.3) is 0 Å². The largest absolute Gasteiger partial charge is 0.478 e. The summed E-state index contributed by atoms with van der Waals surface area (Å²) < 4.78 is 0. The number of carbonyl (C=O) groups is 1. The Bertz CT molecular complexity index is 605. The van der Waals surface area contributed by atoms with Crippen LogP contribution in [0.15, 0.2) is 36.7 Å². The van der Waals surface area contributed by atoms with E-state index in [0.29, 0.717) is 12.4 Å². The van der Waals surface area contributed by atoms with E-state index in [4.69, 9.17) is 11.6 Å². The number of pyridine rings is 2. The van der Waals surface area contributed by atoms with Gasteiger partial charge in [0.1, 0.15) is 16.5 Å². The molecule has 2 heterocycles. The molecule has 20 heavy (non-hydrogen) atoms. The molecule has 0 saturated heterocycles. The third-order valence-corrected chi connectivity index (χ3v) is 3.13. The van der Waals surface area contributed by atoms with E-state index < -0.39 is 5.97 Å². The third kappa shape index (κ3) is 3.45. The van der Waals surface area contributed by atoms with Gasteiger partial charge in [0.15, 0.2) is 0 Å². The number of likely N-dealkylation sites (N-methyl/N-ethyl adjacent to an activating group) is 1. The van der Waals surface area contributed by atoms with E-state index in [0.717, 1.165) is 12.0 Å². The van der Waals surface area contributed by atoms with Gasteiger partial charge in [-0.2, -0.15) is 0 Å². The number of carboxylic acid groups (broad SMARTS) is 1. The lowest BCUT2D eigenvalue weighted by Crippen LogP contribution is -2.24. The first-order chi connectivity index (χ1) is 9.58. The van der Waals surface area contributed by atoms with E-state index in [9.17, 15) is 9.90 Å². The first-order valence-electron chi connectivity index (χ1n) is 6.08. The Hall–Kier alpha value is -2.14. The Morgan fingerprint density at radius 3 is 2.65 bits per heavy atom. The molecule has 6 heteroatoms. The maximum absolute atomic E-state index is 11.2. The van der Waals surface area contributed by atoms with Crippen molar-refractivity contribution in [1.29, 1.82) is 0 Å². The zero-order chi connectivity index (χ0) is 14.5. The second-order valence-corrected chi connectivity index (χ2v) is 4.72. The van der Waals surface area contributed by atoms with Crippen LogP contribution in [0, 0.1) is 0 Å². The molecule has 0 saturated carbocycles. The lowest BCUT2D eigenvalue weighted by atomic mass is 10.2. The molecule has 0 aromatic carbocycles. The van der Waals surface area contributed by atoms with Crippen LogP contribution in [-0.4, -0.2) is 34.6 Å². The quantitative estimate of drug-likeness (QED) is 0.858. The van der Waals surface area contributed by atoms with Crippen molar-refractivity contribution < 1.29 is 9.90 Å². The normalized spacial score (nSPS) is 10.3. The molecule has 5 nitrogen and oxygen atoms in total. The molecule has 0 fully saturated rings. The molecule has 2 rings (SSSR count). The highest BCUT2D eigenvalue weighted by molar-refractivity contribution is 6.29. The van der Waals surface area contributed by atoms with E-state index in [1.165, 1.54) is 12.1 Å². The molecule has 0 atom stereocenters. The summed E-state index contributed by atoms with van der Waals surface area (Å²) in [5.74, 6) is -0.640. The van der Waals surface area contributed by atoms with Gasteiger partial charge in [0.2, 0.25) is 0 Å². The molecule has 2 aromatic heterocycles. The van der Waals surface area contributed by atoms with Crippen molar-refractivity contribution in [3.05, 3.63) is 52.9 Å². The van der Waals surface area contributed by atoms with Gasteiger partial charge >= 0.3 is 5.97 Å². The van der Waals surface area contributed by atoms with Crippen molar-refractivity contribution in [2.75, 3.05) is 18.5 Å². The zero-order valence-corrected chi connectivity index (χ0v) is 11.7. The molecule has 0 aliphatic carbocycles. The highest BCUT2D eigenvalue weighted by Gasteiger charge is 2.15. The summed E-state index contributed by atoms with van der Waals surface area (Å²) in [4.78, 5) is 21.0. The third-order valence-electron chi connectivity index (χ3n) is 2.92. The minimum Gasteiger partial charge on any atom is -0.478 e. The standard InChI is InChI=1S/C14H14ClN3O2/c1-18(9-6-10-4-7-16-8-5-10)13-11(14(19)20)2-3-12(15)17-13/h2-5,7-8H,6,9H2,1H3,(H,19,20). The summed E-state index contributed by atoms with van der Waals surface area (Å²) in [6.45, 7) is 0.637. The van der Waals surface area contributed by atoms with Crippen molar-refractivity contribution >= 4 is 23.4 Å². The smallest absolute Gasteiger partial charge is 0.339 e. The Morgan fingerprint density at radius 1 is 1.30 bits per heavy atom. The number of nitrogens with zero attached hydrogens (tertiary/aromatic N) is 3. The predicted octanol–water partition coefficient (Wildman–Crippen LogP) is 2.51. The highest BCUT2D eigenvalue weighted by atomic mass is 35.5. The van der Waals surface area contributed by atoms with Crippen LogP contribution in [0.2, 0.25) is 5.15 Å².